The average molecular weight is 302 g/mol. The van der Waals surface area contributed by atoms with Gasteiger partial charge in [-0.15, -0.1) is 12.4 Å². The summed E-state index contributed by atoms with van der Waals surface area (Å²) in [5.41, 5.74) is 6.05. The summed E-state index contributed by atoms with van der Waals surface area (Å²) in [6.45, 7) is 4.40. The molecule has 0 unspecified atom stereocenters. The summed E-state index contributed by atoms with van der Waals surface area (Å²) < 4.78 is 0. The molecule has 0 aliphatic rings. The number of nitro groups is 1. The minimum absolute atomic E-state index is 0. The molecule has 0 spiro atoms. The summed E-state index contributed by atoms with van der Waals surface area (Å²) in [7, 11) is 0. The van der Waals surface area contributed by atoms with E-state index in [0.29, 0.717) is 6.54 Å². The first-order valence-corrected chi connectivity index (χ1v) is 6.23. The van der Waals surface area contributed by atoms with Crippen LogP contribution in [0.2, 0.25) is 0 Å². The van der Waals surface area contributed by atoms with Crippen molar-refractivity contribution in [1.29, 1.82) is 0 Å². The molecular formula is C13H20ClN3O3. The first kappa shape index (κ1) is 18.3. The van der Waals surface area contributed by atoms with Crippen molar-refractivity contribution >= 4 is 24.3 Å². The SMILES string of the molecule is CCC(CC)(CN)O/N=C/c1ccc([N+](=O)[O-])cc1.Cl. The first-order chi connectivity index (χ1) is 9.06. The summed E-state index contributed by atoms with van der Waals surface area (Å²) in [6, 6.07) is 6.09. The van der Waals surface area contributed by atoms with E-state index in [9.17, 15) is 10.1 Å². The van der Waals surface area contributed by atoms with Gasteiger partial charge in [-0.3, -0.25) is 10.1 Å². The van der Waals surface area contributed by atoms with Gasteiger partial charge in [-0.25, -0.2) is 0 Å². The molecule has 20 heavy (non-hydrogen) atoms. The summed E-state index contributed by atoms with van der Waals surface area (Å²) in [6.07, 6.45) is 3.08. The van der Waals surface area contributed by atoms with E-state index in [1.807, 2.05) is 13.8 Å². The highest BCUT2D eigenvalue weighted by atomic mass is 35.5. The van der Waals surface area contributed by atoms with Crippen LogP contribution >= 0.6 is 12.4 Å². The second kappa shape index (κ2) is 8.50. The smallest absolute Gasteiger partial charge is 0.269 e. The molecule has 0 atom stereocenters. The van der Waals surface area contributed by atoms with E-state index in [-0.39, 0.29) is 18.1 Å². The Hall–Kier alpha value is -1.66. The first-order valence-electron chi connectivity index (χ1n) is 6.23. The molecule has 112 valence electrons. The number of nitrogens with two attached hydrogens (primary N) is 1. The van der Waals surface area contributed by atoms with Crippen LogP contribution in [-0.4, -0.2) is 23.3 Å². The number of halogens is 1. The Labute approximate surface area is 124 Å². The lowest BCUT2D eigenvalue weighted by atomic mass is 9.98. The zero-order valence-electron chi connectivity index (χ0n) is 11.6. The van der Waals surface area contributed by atoms with Crippen LogP contribution in [0.4, 0.5) is 5.69 Å². The molecule has 0 bridgehead atoms. The third-order valence-corrected chi connectivity index (χ3v) is 3.21. The van der Waals surface area contributed by atoms with Gasteiger partial charge in [0.1, 0.15) is 5.60 Å². The number of non-ortho nitro benzene ring substituents is 1. The molecule has 0 aliphatic heterocycles. The second-order valence-electron chi connectivity index (χ2n) is 4.27. The molecule has 0 aliphatic carbocycles. The predicted molar refractivity (Wildman–Crippen MR) is 81.4 cm³/mol. The summed E-state index contributed by atoms with van der Waals surface area (Å²) >= 11 is 0. The highest BCUT2D eigenvalue weighted by Gasteiger charge is 2.26. The lowest BCUT2D eigenvalue weighted by molar-refractivity contribution is -0.384. The van der Waals surface area contributed by atoms with Gasteiger partial charge >= 0.3 is 0 Å². The number of hydrogen-bond acceptors (Lipinski definition) is 5. The van der Waals surface area contributed by atoms with E-state index in [4.69, 9.17) is 10.6 Å². The lowest BCUT2D eigenvalue weighted by Crippen LogP contribution is -2.38. The van der Waals surface area contributed by atoms with Crippen LogP contribution in [0.1, 0.15) is 32.3 Å². The number of nitro benzene ring substituents is 1. The van der Waals surface area contributed by atoms with E-state index in [1.165, 1.54) is 18.3 Å². The van der Waals surface area contributed by atoms with Crippen molar-refractivity contribution in [2.45, 2.75) is 32.3 Å². The van der Waals surface area contributed by atoms with Crippen molar-refractivity contribution in [2.75, 3.05) is 6.54 Å². The summed E-state index contributed by atoms with van der Waals surface area (Å²) in [5.74, 6) is 0. The molecule has 1 rings (SSSR count). The molecule has 0 heterocycles. The molecule has 7 heteroatoms. The fraction of sp³-hybridized carbons (Fsp3) is 0.462. The molecule has 1 aromatic carbocycles. The molecule has 0 radical (unpaired) electrons. The predicted octanol–water partition coefficient (Wildman–Crippen LogP) is 2.88. The largest absolute Gasteiger partial charge is 0.388 e. The van der Waals surface area contributed by atoms with Crippen molar-refractivity contribution in [3.63, 3.8) is 0 Å². The Kier molecular flexibility index (Phi) is 7.79. The van der Waals surface area contributed by atoms with Gasteiger partial charge in [0, 0.05) is 18.7 Å². The minimum atomic E-state index is -0.439. The highest BCUT2D eigenvalue weighted by molar-refractivity contribution is 5.85. The molecule has 2 N–H and O–H groups in total. The third-order valence-electron chi connectivity index (χ3n) is 3.21. The van der Waals surface area contributed by atoms with Crippen LogP contribution in [-0.2, 0) is 4.84 Å². The Balaban J connectivity index is 0.00000361. The Morgan fingerprint density at radius 2 is 1.90 bits per heavy atom. The van der Waals surface area contributed by atoms with E-state index >= 15 is 0 Å². The maximum atomic E-state index is 10.5. The van der Waals surface area contributed by atoms with Gasteiger partial charge in [0.2, 0.25) is 0 Å². The van der Waals surface area contributed by atoms with E-state index in [0.717, 1.165) is 18.4 Å². The van der Waals surface area contributed by atoms with Gasteiger partial charge in [-0.1, -0.05) is 19.0 Å². The molecule has 0 amide bonds. The Morgan fingerprint density at radius 1 is 1.35 bits per heavy atom. The van der Waals surface area contributed by atoms with Gasteiger partial charge in [-0.05, 0) is 30.5 Å². The quantitative estimate of drug-likeness (QED) is 0.476. The summed E-state index contributed by atoms with van der Waals surface area (Å²) in [5, 5.41) is 14.4. The Bertz CT molecular complexity index is 436. The van der Waals surface area contributed by atoms with Crippen LogP contribution in [0.3, 0.4) is 0 Å². The number of hydrogen-bond donors (Lipinski definition) is 1. The number of rotatable bonds is 7. The van der Waals surface area contributed by atoms with Crippen LogP contribution in [0.5, 0.6) is 0 Å². The van der Waals surface area contributed by atoms with Crippen LogP contribution in [0.15, 0.2) is 29.4 Å². The zero-order valence-corrected chi connectivity index (χ0v) is 12.4. The zero-order chi connectivity index (χ0) is 14.3. The second-order valence-corrected chi connectivity index (χ2v) is 4.27. The molecular weight excluding hydrogens is 282 g/mol. The maximum absolute atomic E-state index is 10.5. The molecule has 0 aromatic heterocycles. The monoisotopic (exact) mass is 301 g/mol. The van der Waals surface area contributed by atoms with Gasteiger partial charge in [0.05, 0.1) is 11.1 Å². The number of nitrogens with zero attached hydrogens (tertiary/aromatic N) is 2. The topological polar surface area (TPSA) is 90.8 Å². The van der Waals surface area contributed by atoms with E-state index in [1.54, 1.807) is 12.1 Å². The maximum Gasteiger partial charge on any atom is 0.269 e. The van der Waals surface area contributed by atoms with Crippen LogP contribution < -0.4 is 5.73 Å². The number of oxime groups is 1. The molecule has 1 aromatic rings. The van der Waals surface area contributed by atoms with Crippen molar-refractivity contribution in [3.8, 4) is 0 Å². The fourth-order valence-corrected chi connectivity index (χ4v) is 1.59. The van der Waals surface area contributed by atoms with Gasteiger partial charge in [0.15, 0.2) is 0 Å². The molecule has 0 fully saturated rings. The Morgan fingerprint density at radius 3 is 2.30 bits per heavy atom. The van der Waals surface area contributed by atoms with E-state index in [2.05, 4.69) is 5.16 Å². The van der Waals surface area contributed by atoms with Crippen LogP contribution in [0, 0.1) is 10.1 Å². The van der Waals surface area contributed by atoms with Gasteiger partial charge < -0.3 is 10.6 Å². The highest BCUT2D eigenvalue weighted by Crippen LogP contribution is 2.19. The van der Waals surface area contributed by atoms with Crippen molar-refractivity contribution in [3.05, 3.63) is 39.9 Å². The fourth-order valence-electron chi connectivity index (χ4n) is 1.59. The number of benzene rings is 1. The molecule has 0 saturated heterocycles. The van der Waals surface area contributed by atoms with Crippen LogP contribution in [0.25, 0.3) is 0 Å². The normalized spacial score (nSPS) is 11.2. The van der Waals surface area contributed by atoms with E-state index < -0.39 is 10.5 Å². The molecule has 6 nitrogen and oxygen atoms in total. The third kappa shape index (κ3) is 4.79. The van der Waals surface area contributed by atoms with Crippen molar-refractivity contribution in [1.82, 2.24) is 0 Å². The van der Waals surface area contributed by atoms with Gasteiger partial charge in [-0.2, -0.15) is 0 Å². The standard InChI is InChI=1S/C13H19N3O3.ClH/c1-3-13(4-2,10-14)19-15-9-11-5-7-12(8-6-11)16(17)18;/h5-9H,3-4,10,14H2,1-2H3;1H/b15-9+;. The van der Waals surface area contributed by atoms with Gasteiger partial charge in [0.25, 0.3) is 5.69 Å². The van der Waals surface area contributed by atoms with Crippen molar-refractivity contribution in [2.24, 2.45) is 10.9 Å². The van der Waals surface area contributed by atoms with Crippen molar-refractivity contribution < 1.29 is 9.76 Å². The lowest BCUT2D eigenvalue weighted by Gasteiger charge is -2.26. The summed E-state index contributed by atoms with van der Waals surface area (Å²) in [4.78, 5) is 15.5. The average Bonchev–Trinajstić information content (AvgIpc) is 2.45. The molecule has 0 saturated carbocycles. The minimum Gasteiger partial charge on any atom is -0.388 e.